The second-order valence-electron chi connectivity index (χ2n) is 13.0. The van der Waals surface area contributed by atoms with Gasteiger partial charge in [-0.3, -0.25) is 0 Å². The van der Waals surface area contributed by atoms with Crippen LogP contribution in [0.4, 0.5) is 17.1 Å². The van der Waals surface area contributed by atoms with E-state index in [0.717, 1.165) is 50.3 Å². The van der Waals surface area contributed by atoms with E-state index in [2.05, 4.69) is 191 Å². The lowest BCUT2D eigenvalue weighted by Gasteiger charge is -2.27. The van der Waals surface area contributed by atoms with E-state index in [1.165, 1.54) is 38.5 Å². The van der Waals surface area contributed by atoms with E-state index in [4.69, 9.17) is 4.42 Å². The predicted molar refractivity (Wildman–Crippen MR) is 214 cm³/mol. The first kappa shape index (κ1) is 29.1. The Bertz CT molecular complexity index is 2860. The number of benzene rings is 8. The molecule has 0 aliphatic heterocycles. The number of hydrogen-bond acceptors (Lipinski definition) is 2. The highest BCUT2D eigenvalue weighted by Gasteiger charge is 2.19. The van der Waals surface area contributed by atoms with Crippen molar-refractivity contribution in [2.24, 2.45) is 0 Å². The zero-order chi connectivity index (χ0) is 33.7. The van der Waals surface area contributed by atoms with Crippen LogP contribution in [0.15, 0.2) is 199 Å². The predicted octanol–water partition coefficient (Wildman–Crippen LogP) is 13.5. The molecule has 10 rings (SSSR count). The van der Waals surface area contributed by atoms with Gasteiger partial charge in [0.25, 0.3) is 0 Å². The molecule has 10 aromatic rings. The summed E-state index contributed by atoms with van der Waals surface area (Å²) in [6.07, 6.45) is 0. The van der Waals surface area contributed by atoms with Gasteiger partial charge in [0.15, 0.2) is 0 Å². The molecule has 240 valence electrons. The first-order chi connectivity index (χ1) is 25.3. The van der Waals surface area contributed by atoms with Gasteiger partial charge in [-0.05, 0) is 83.4 Å². The average Bonchev–Trinajstić information content (AvgIpc) is 3.75. The lowest BCUT2D eigenvalue weighted by Crippen LogP contribution is -2.10. The summed E-state index contributed by atoms with van der Waals surface area (Å²) in [7, 11) is 0. The van der Waals surface area contributed by atoms with Gasteiger partial charge in [-0.25, -0.2) is 0 Å². The van der Waals surface area contributed by atoms with Gasteiger partial charge in [-0.15, -0.1) is 0 Å². The Labute approximate surface area is 295 Å². The number of para-hydroxylation sites is 4. The summed E-state index contributed by atoms with van der Waals surface area (Å²) >= 11 is 0. The fraction of sp³-hybridized carbons (Fsp3) is 0. The van der Waals surface area contributed by atoms with Crippen LogP contribution in [-0.4, -0.2) is 4.57 Å². The molecule has 0 N–H and O–H groups in total. The van der Waals surface area contributed by atoms with Crippen molar-refractivity contribution in [2.75, 3.05) is 4.90 Å². The minimum atomic E-state index is 0.882. The molecule has 2 heterocycles. The zero-order valence-corrected chi connectivity index (χ0v) is 27.8. The summed E-state index contributed by atoms with van der Waals surface area (Å²) in [6.45, 7) is 0. The molecule has 0 saturated carbocycles. The number of hydrogen-bond donors (Lipinski definition) is 0. The van der Waals surface area contributed by atoms with Gasteiger partial charge in [0.05, 0.1) is 11.0 Å². The minimum absolute atomic E-state index is 0.882. The van der Waals surface area contributed by atoms with E-state index in [9.17, 15) is 0 Å². The molecule has 3 heteroatoms. The number of furan rings is 1. The van der Waals surface area contributed by atoms with Crippen molar-refractivity contribution in [1.82, 2.24) is 4.57 Å². The zero-order valence-electron chi connectivity index (χ0n) is 27.8. The van der Waals surface area contributed by atoms with Crippen LogP contribution in [0, 0.1) is 0 Å². The lowest BCUT2D eigenvalue weighted by atomic mass is 10.00. The van der Waals surface area contributed by atoms with E-state index >= 15 is 0 Å². The molecular weight excluding hydrogens is 621 g/mol. The topological polar surface area (TPSA) is 21.3 Å². The Kier molecular flexibility index (Phi) is 6.81. The van der Waals surface area contributed by atoms with Crippen LogP contribution in [0.2, 0.25) is 0 Å². The fourth-order valence-electron chi connectivity index (χ4n) is 7.66. The van der Waals surface area contributed by atoms with Crippen LogP contribution in [0.25, 0.3) is 71.7 Å². The molecule has 2 aromatic heterocycles. The standard InChI is InChI=1S/C48H32N2O/c1-3-14-33(15-4-1)34-16-11-20-37(30-34)49(39-28-29-47-44(32-39)42-23-8-10-27-46(42)51-47)38-21-12-17-35(31-38)40-24-13-25-43-41-22-7-9-26-45(41)50(48(40)43)36-18-5-2-6-19-36/h1-32H. The molecule has 0 radical (unpaired) electrons. The minimum Gasteiger partial charge on any atom is -0.456 e. The second-order valence-corrected chi connectivity index (χ2v) is 13.0. The van der Waals surface area contributed by atoms with Gasteiger partial charge < -0.3 is 13.9 Å². The number of rotatable bonds is 6. The van der Waals surface area contributed by atoms with Crippen LogP contribution in [0.3, 0.4) is 0 Å². The lowest BCUT2D eigenvalue weighted by molar-refractivity contribution is 0.669. The summed E-state index contributed by atoms with van der Waals surface area (Å²) in [5.74, 6) is 0. The van der Waals surface area contributed by atoms with E-state index in [-0.39, 0.29) is 0 Å². The Hall–Kier alpha value is -6.84. The molecule has 8 aromatic carbocycles. The first-order valence-electron chi connectivity index (χ1n) is 17.4. The van der Waals surface area contributed by atoms with Gasteiger partial charge in [0.1, 0.15) is 11.2 Å². The van der Waals surface area contributed by atoms with Crippen LogP contribution in [-0.2, 0) is 0 Å². The van der Waals surface area contributed by atoms with Crippen LogP contribution < -0.4 is 4.90 Å². The third-order valence-corrected chi connectivity index (χ3v) is 9.95. The molecule has 0 aliphatic rings. The molecule has 0 fully saturated rings. The van der Waals surface area contributed by atoms with E-state index in [1.54, 1.807) is 0 Å². The maximum atomic E-state index is 6.25. The summed E-state index contributed by atoms with van der Waals surface area (Å²) in [5.41, 5.74) is 13.2. The Morgan fingerprint density at radius 1 is 0.373 bits per heavy atom. The second kappa shape index (κ2) is 11.9. The highest BCUT2D eigenvalue weighted by Crippen LogP contribution is 2.43. The van der Waals surface area contributed by atoms with Crippen molar-refractivity contribution in [3.05, 3.63) is 194 Å². The van der Waals surface area contributed by atoms with Crippen molar-refractivity contribution >= 4 is 60.8 Å². The normalized spacial score (nSPS) is 11.5. The smallest absolute Gasteiger partial charge is 0.135 e. The van der Waals surface area contributed by atoms with Crippen molar-refractivity contribution in [2.45, 2.75) is 0 Å². The van der Waals surface area contributed by atoms with Gasteiger partial charge in [-0.1, -0.05) is 127 Å². The monoisotopic (exact) mass is 652 g/mol. The number of fused-ring (bicyclic) bond motifs is 6. The van der Waals surface area contributed by atoms with Crippen molar-refractivity contribution in [1.29, 1.82) is 0 Å². The Morgan fingerprint density at radius 2 is 0.961 bits per heavy atom. The quantitative estimate of drug-likeness (QED) is 0.178. The molecule has 51 heavy (non-hydrogen) atoms. The first-order valence-corrected chi connectivity index (χ1v) is 17.4. The molecule has 0 bridgehead atoms. The molecule has 0 unspecified atom stereocenters. The van der Waals surface area contributed by atoms with Gasteiger partial charge in [0, 0.05) is 49.9 Å². The van der Waals surface area contributed by atoms with Crippen LogP contribution in [0.1, 0.15) is 0 Å². The van der Waals surface area contributed by atoms with Crippen molar-refractivity contribution < 1.29 is 4.42 Å². The number of aromatic nitrogens is 1. The van der Waals surface area contributed by atoms with E-state index < -0.39 is 0 Å². The summed E-state index contributed by atoms with van der Waals surface area (Å²) < 4.78 is 8.65. The third-order valence-electron chi connectivity index (χ3n) is 9.95. The SMILES string of the molecule is c1ccc(-c2cccc(N(c3cccc(-c4cccc5c6ccccc6n(-c6ccccc6)c45)c3)c3ccc4oc5ccccc5c4c3)c2)cc1. The molecule has 0 aliphatic carbocycles. The van der Waals surface area contributed by atoms with E-state index in [1.807, 2.05) is 12.1 Å². The average molecular weight is 653 g/mol. The van der Waals surface area contributed by atoms with Gasteiger partial charge in [-0.2, -0.15) is 0 Å². The maximum Gasteiger partial charge on any atom is 0.135 e. The van der Waals surface area contributed by atoms with Gasteiger partial charge >= 0.3 is 0 Å². The Morgan fingerprint density at radius 3 is 1.78 bits per heavy atom. The van der Waals surface area contributed by atoms with Crippen molar-refractivity contribution in [3.63, 3.8) is 0 Å². The number of anilines is 3. The third kappa shape index (κ3) is 4.90. The van der Waals surface area contributed by atoms with Gasteiger partial charge in [0.2, 0.25) is 0 Å². The highest BCUT2D eigenvalue weighted by atomic mass is 16.3. The highest BCUT2D eigenvalue weighted by molar-refractivity contribution is 6.14. The largest absolute Gasteiger partial charge is 0.456 e. The summed E-state index contributed by atoms with van der Waals surface area (Å²) in [4.78, 5) is 2.37. The van der Waals surface area contributed by atoms with Crippen LogP contribution in [0.5, 0.6) is 0 Å². The summed E-state index contributed by atoms with van der Waals surface area (Å²) in [5, 5.41) is 4.69. The summed E-state index contributed by atoms with van der Waals surface area (Å²) in [6, 6.07) is 69.2. The molecular formula is C48H32N2O. The molecule has 3 nitrogen and oxygen atoms in total. The van der Waals surface area contributed by atoms with E-state index in [0.29, 0.717) is 0 Å². The molecule has 0 atom stereocenters. The number of nitrogens with zero attached hydrogens (tertiary/aromatic N) is 2. The maximum absolute atomic E-state index is 6.25. The fourth-order valence-corrected chi connectivity index (χ4v) is 7.66. The molecule has 0 saturated heterocycles. The molecule has 0 amide bonds. The van der Waals surface area contributed by atoms with Crippen LogP contribution >= 0.6 is 0 Å². The molecule has 0 spiro atoms. The van der Waals surface area contributed by atoms with Crippen molar-refractivity contribution in [3.8, 4) is 27.9 Å². The Balaban J connectivity index is 1.20.